The van der Waals surface area contributed by atoms with Gasteiger partial charge in [-0.3, -0.25) is 0 Å². The van der Waals surface area contributed by atoms with Crippen LogP contribution in [0.25, 0.3) is 0 Å². The molecule has 0 atom stereocenters. The van der Waals surface area contributed by atoms with E-state index in [1.807, 2.05) is 27.7 Å². The number of carbonyl (C=O) groups excluding carboxylic acids is 1. The number of alkyl halides is 3. The maximum atomic E-state index is 12.4. The second kappa shape index (κ2) is 6.20. The smallest absolute Gasteiger partial charge is 0.314 e. The van der Waals surface area contributed by atoms with Crippen LogP contribution in [0.2, 0.25) is 0 Å². The van der Waals surface area contributed by atoms with Gasteiger partial charge in [0.15, 0.2) is 0 Å². The highest BCUT2D eigenvalue weighted by atomic mass is 19.4. The van der Waals surface area contributed by atoms with Gasteiger partial charge in [0, 0.05) is 11.9 Å². The Kier molecular flexibility index (Phi) is 5.04. The molecule has 6 heteroatoms. The Hall–Kier alpha value is -1.98. The molecule has 1 aromatic rings. The third-order valence-corrected chi connectivity index (χ3v) is 3.07. The minimum atomic E-state index is -4.38. The molecule has 0 radical (unpaired) electrons. The van der Waals surface area contributed by atoms with Gasteiger partial charge in [0.25, 0.3) is 0 Å². The molecule has 0 heterocycles. The molecule has 0 saturated carbocycles. The summed E-state index contributed by atoms with van der Waals surface area (Å²) in [6, 6.07) is 3.77. The van der Waals surface area contributed by atoms with Crippen LogP contribution in [0.4, 0.5) is 23.7 Å². The van der Waals surface area contributed by atoms with Crippen molar-refractivity contribution in [2.75, 3.05) is 5.32 Å². The van der Waals surface area contributed by atoms with E-state index in [2.05, 4.69) is 10.6 Å². The van der Waals surface area contributed by atoms with Crippen LogP contribution in [0.1, 0.15) is 33.3 Å². The number of allylic oxidation sites excluding steroid dienone is 1. The zero-order valence-corrected chi connectivity index (χ0v) is 12.4. The number of hydrogen-bond donors (Lipinski definition) is 2. The van der Waals surface area contributed by atoms with Gasteiger partial charge in [0.2, 0.25) is 0 Å². The molecule has 0 spiro atoms. The van der Waals surface area contributed by atoms with Crippen molar-refractivity contribution in [3.8, 4) is 0 Å². The fourth-order valence-corrected chi connectivity index (χ4v) is 1.30. The van der Waals surface area contributed by atoms with Crippen LogP contribution in [-0.2, 0) is 6.18 Å². The zero-order chi connectivity index (χ0) is 16.3. The van der Waals surface area contributed by atoms with Crippen molar-refractivity contribution >= 4 is 11.7 Å². The van der Waals surface area contributed by atoms with Crippen LogP contribution in [0.5, 0.6) is 0 Å². The predicted molar refractivity (Wildman–Crippen MR) is 76.8 cm³/mol. The molecule has 2 amide bonds. The second-order valence-corrected chi connectivity index (χ2v) is 5.75. The van der Waals surface area contributed by atoms with Crippen LogP contribution in [0.15, 0.2) is 36.0 Å². The molecule has 0 aromatic heterocycles. The standard InChI is InChI=1S/C15H19F3N2O/c1-10(14(2,3)4)9-19-13(21)20-12-7-5-11(6-8-12)15(16,17)18/h5-9H,1-4H3,(H2,19,20,21)/b10-9+. The summed E-state index contributed by atoms with van der Waals surface area (Å²) in [5, 5.41) is 5.01. The number of amides is 2. The molecule has 2 N–H and O–H groups in total. The Morgan fingerprint density at radius 1 is 1.10 bits per heavy atom. The van der Waals surface area contributed by atoms with Crippen molar-refractivity contribution in [2.24, 2.45) is 5.41 Å². The van der Waals surface area contributed by atoms with Crippen LogP contribution in [-0.4, -0.2) is 6.03 Å². The van der Waals surface area contributed by atoms with Crippen LogP contribution < -0.4 is 10.6 Å². The molecule has 3 nitrogen and oxygen atoms in total. The van der Waals surface area contributed by atoms with Crippen molar-refractivity contribution < 1.29 is 18.0 Å². The summed E-state index contributed by atoms with van der Waals surface area (Å²) in [6.07, 6.45) is -2.80. The molecule has 0 bridgehead atoms. The van der Waals surface area contributed by atoms with Gasteiger partial charge in [-0.2, -0.15) is 13.2 Å². The van der Waals surface area contributed by atoms with Gasteiger partial charge in [-0.15, -0.1) is 0 Å². The van der Waals surface area contributed by atoms with E-state index < -0.39 is 17.8 Å². The highest BCUT2D eigenvalue weighted by molar-refractivity contribution is 5.89. The molecule has 0 unspecified atom stereocenters. The minimum absolute atomic E-state index is 0.0678. The van der Waals surface area contributed by atoms with E-state index in [0.29, 0.717) is 5.69 Å². The van der Waals surface area contributed by atoms with Crippen molar-refractivity contribution in [1.29, 1.82) is 0 Å². The summed E-state index contributed by atoms with van der Waals surface area (Å²) in [7, 11) is 0. The fourth-order valence-electron chi connectivity index (χ4n) is 1.30. The first kappa shape index (κ1) is 17.1. The molecular weight excluding hydrogens is 281 g/mol. The maximum absolute atomic E-state index is 12.4. The van der Waals surface area contributed by atoms with Crippen molar-refractivity contribution in [3.63, 3.8) is 0 Å². The van der Waals surface area contributed by atoms with Crippen LogP contribution in [0.3, 0.4) is 0 Å². The molecular formula is C15H19F3N2O. The Balaban J connectivity index is 2.64. The molecule has 0 aliphatic heterocycles. The number of benzene rings is 1. The number of halogens is 3. The lowest BCUT2D eigenvalue weighted by molar-refractivity contribution is -0.137. The van der Waals surface area contributed by atoms with Gasteiger partial charge in [0.05, 0.1) is 5.56 Å². The Labute approximate surface area is 122 Å². The minimum Gasteiger partial charge on any atom is -0.314 e. The molecule has 1 rings (SSSR count). The predicted octanol–water partition coefficient (Wildman–Crippen LogP) is 4.78. The van der Waals surface area contributed by atoms with E-state index in [9.17, 15) is 18.0 Å². The normalized spacial score (nSPS) is 13.0. The SMILES string of the molecule is C/C(=C\NC(=O)Nc1ccc(C(F)(F)F)cc1)C(C)(C)C. The van der Waals surface area contributed by atoms with Gasteiger partial charge in [0.1, 0.15) is 0 Å². The van der Waals surface area contributed by atoms with E-state index in [1.165, 1.54) is 12.1 Å². The van der Waals surface area contributed by atoms with Gasteiger partial charge in [-0.25, -0.2) is 4.79 Å². The molecule has 0 fully saturated rings. The summed E-state index contributed by atoms with van der Waals surface area (Å²) in [6.45, 7) is 7.91. The lowest BCUT2D eigenvalue weighted by Gasteiger charge is -2.19. The largest absolute Gasteiger partial charge is 0.416 e. The number of anilines is 1. The second-order valence-electron chi connectivity index (χ2n) is 5.75. The molecule has 116 valence electrons. The van der Waals surface area contributed by atoms with E-state index in [4.69, 9.17) is 0 Å². The molecule has 0 aliphatic carbocycles. The third-order valence-electron chi connectivity index (χ3n) is 3.07. The van der Waals surface area contributed by atoms with Gasteiger partial charge < -0.3 is 10.6 Å². The highest BCUT2D eigenvalue weighted by Gasteiger charge is 2.29. The number of carbonyl (C=O) groups is 1. The quantitative estimate of drug-likeness (QED) is 0.811. The molecule has 0 saturated heterocycles. The number of nitrogens with one attached hydrogen (secondary N) is 2. The Morgan fingerprint density at radius 3 is 2.05 bits per heavy atom. The van der Waals surface area contributed by atoms with E-state index in [1.54, 1.807) is 6.20 Å². The summed E-state index contributed by atoms with van der Waals surface area (Å²) in [5.74, 6) is 0. The summed E-state index contributed by atoms with van der Waals surface area (Å²) < 4.78 is 37.2. The van der Waals surface area contributed by atoms with Crippen molar-refractivity contribution in [2.45, 2.75) is 33.9 Å². The molecule has 0 aliphatic rings. The third kappa shape index (κ3) is 5.49. The van der Waals surface area contributed by atoms with Gasteiger partial charge in [-0.05, 0) is 36.6 Å². The van der Waals surface area contributed by atoms with Crippen LogP contribution >= 0.6 is 0 Å². The lowest BCUT2D eigenvalue weighted by Crippen LogP contribution is -2.25. The Bertz CT molecular complexity index is 525. The van der Waals surface area contributed by atoms with Gasteiger partial charge in [-0.1, -0.05) is 26.3 Å². The number of urea groups is 1. The lowest BCUT2D eigenvalue weighted by atomic mass is 9.88. The van der Waals surface area contributed by atoms with E-state index >= 15 is 0 Å². The first-order valence-corrected chi connectivity index (χ1v) is 6.42. The zero-order valence-electron chi connectivity index (χ0n) is 12.4. The first-order valence-electron chi connectivity index (χ1n) is 6.42. The molecule has 21 heavy (non-hydrogen) atoms. The first-order chi connectivity index (χ1) is 9.50. The van der Waals surface area contributed by atoms with Crippen molar-refractivity contribution in [3.05, 3.63) is 41.6 Å². The maximum Gasteiger partial charge on any atom is 0.416 e. The topological polar surface area (TPSA) is 41.1 Å². The van der Waals surface area contributed by atoms with Gasteiger partial charge >= 0.3 is 12.2 Å². The average molecular weight is 300 g/mol. The summed E-state index contributed by atoms with van der Waals surface area (Å²) in [5.41, 5.74) is 0.450. The molecule has 1 aromatic carbocycles. The van der Waals surface area contributed by atoms with Crippen LogP contribution in [0, 0.1) is 5.41 Å². The monoisotopic (exact) mass is 300 g/mol. The summed E-state index contributed by atoms with van der Waals surface area (Å²) >= 11 is 0. The van der Waals surface area contributed by atoms with E-state index in [0.717, 1.165) is 17.7 Å². The van der Waals surface area contributed by atoms with E-state index in [-0.39, 0.29) is 5.41 Å². The van der Waals surface area contributed by atoms with Crippen molar-refractivity contribution in [1.82, 2.24) is 5.32 Å². The summed E-state index contributed by atoms with van der Waals surface area (Å²) in [4.78, 5) is 11.6. The Morgan fingerprint density at radius 2 is 1.62 bits per heavy atom. The average Bonchev–Trinajstić information content (AvgIpc) is 2.34. The fraction of sp³-hybridized carbons (Fsp3) is 0.400. The number of hydrogen-bond acceptors (Lipinski definition) is 1. The number of rotatable bonds is 2. The highest BCUT2D eigenvalue weighted by Crippen LogP contribution is 2.29.